The molecule has 3 heteroatoms. The standard InChI is InChI=1S/C12H28N2O/c1-10(2)6-7-14(5)11(3)8-12(4,13)9-15/h10-11,15H,6-9,13H2,1-5H3. The van der Waals surface area contributed by atoms with Gasteiger partial charge >= 0.3 is 0 Å². The lowest BCUT2D eigenvalue weighted by Gasteiger charge is -2.32. The first-order valence-electron chi connectivity index (χ1n) is 5.88. The molecule has 92 valence electrons. The van der Waals surface area contributed by atoms with Crippen molar-refractivity contribution in [3.63, 3.8) is 0 Å². The first kappa shape index (κ1) is 14.9. The van der Waals surface area contributed by atoms with Gasteiger partial charge < -0.3 is 15.7 Å². The van der Waals surface area contributed by atoms with Gasteiger partial charge in [0.25, 0.3) is 0 Å². The molecule has 0 heterocycles. The van der Waals surface area contributed by atoms with Gasteiger partial charge in [0.1, 0.15) is 0 Å². The molecule has 0 bridgehead atoms. The molecule has 2 unspecified atom stereocenters. The summed E-state index contributed by atoms with van der Waals surface area (Å²) in [6.45, 7) is 9.69. The van der Waals surface area contributed by atoms with Crippen LogP contribution >= 0.6 is 0 Å². The molecule has 2 atom stereocenters. The Labute approximate surface area is 94.6 Å². The summed E-state index contributed by atoms with van der Waals surface area (Å²) in [5, 5.41) is 9.10. The highest BCUT2D eigenvalue weighted by atomic mass is 16.3. The summed E-state index contributed by atoms with van der Waals surface area (Å²) in [5.74, 6) is 0.738. The van der Waals surface area contributed by atoms with Crippen molar-refractivity contribution >= 4 is 0 Å². The molecule has 0 rings (SSSR count). The van der Waals surface area contributed by atoms with Crippen molar-refractivity contribution in [1.82, 2.24) is 4.90 Å². The van der Waals surface area contributed by atoms with E-state index in [0.29, 0.717) is 6.04 Å². The van der Waals surface area contributed by atoms with Crippen molar-refractivity contribution in [1.29, 1.82) is 0 Å². The molecule has 0 aromatic heterocycles. The SMILES string of the molecule is CC(C)CCN(C)C(C)CC(C)(N)CO. The van der Waals surface area contributed by atoms with E-state index >= 15 is 0 Å². The highest BCUT2D eigenvalue weighted by molar-refractivity contribution is 4.82. The number of hydrogen-bond acceptors (Lipinski definition) is 3. The summed E-state index contributed by atoms with van der Waals surface area (Å²) in [4.78, 5) is 2.32. The van der Waals surface area contributed by atoms with Crippen LogP contribution in [0.15, 0.2) is 0 Å². The molecular weight excluding hydrogens is 188 g/mol. The number of hydrogen-bond donors (Lipinski definition) is 2. The highest BCUT2D eigenvalue weighted by Crippen LogP contribution is 2.13. The molecule has 0 aliphatic carbocycles. The van der Waals surface area contributed by atoms with Crippen LogP contribution in [-0.2, 0) is 0 Å². The summed E-state index contributed by atoms with van der Waals surface area (Å²) in [5.41, 5.74) is 5.48. The van der Waals surface area contributed by atoms with E-state index < -0.39 is 5.54 Å². The van der Waals surface area contributed by atoms with Gasteiger partial charge in [0.05, 0.1) is 6.61 Å². The summed E-state index contributed by atoms with van der Waals surface area (Å²) in [7, 11) is 2.13. The fraction of sp³-hybridized carbons (Fsp3) is 1.00. The molecule has 3 nitrogen and oxygen atoms in total. The van der Waals surface area contributed by atoms with Gasteiger partial charge in [0.2, 0.25) is 0 Å². The largest absolute Gasteiger partial charge is 0.394 e. The normalized spacial score (nSPS) is 18.2. The van der Waals surface area contributed by atoms with Crippen molar-refractivity contribution in [2.45, 2.75) is 52.1 Å². The maximum Gasteiger partial charge on any atom is 0.0609 e. The summed E-state index contributed by atoms with van der Waals surface area (Å²) < 4.78 is 0. The van der Waals surface area contributed by atoms with Crippen molar-refractivity contribution < 1.29 is 5.11 Å². The van der Waals surface area contributed by atoms with Gasteiger partial charge in [-0.3, -0.25) is 0 Å². The molecule has 0 aromatic carbocycles. The molecule has 0 amide bonds. The Morgan fingerprint density at radius 1 is 1.33 bits per heavy atom. The molecule has 0 radical (unpaired) electrons. The molecular formula is C12H28N2O. The molecule has 3 N–H and O–H groups in total. The van der Waals surface area contributed by atoms with Crippen LogP contribution in [0.4, 0.5) is 0 Å². The third-order valence-corrected chi connectivity index (χ3v) is 2.93. The zero-order valence-electron chi connectivity index (χ0n) is 11.0. The van der Waals surface area contributed by atoms with Crippen LogP contribution in [-0.4, -0.2) is 41.8 Å². The van der Waals surface area contributed by atoms with E-state index in [1.165, 1.54) is 6.42 Å². The third-order valence-electron chi connectivity index (χ3n) is 2.93. The molecule has 0 aliphatic rings. The first-order valence-corrected chi connectivity index (χ1v) is 5.88. The average molecular weight is 216 g/mol. The Balaban J connectivity index is 3.93. The lowest BCUT2D eigenvalue weighted by molar-refractivity contribution is 0.150. The van der Waals surface area contributed by atoms with E-state index in [4.69, 9.17) is 10.8 Å². The Kier molecular flexibility index (Phi) is 6.41. The zero-order chi connectivity index (χ0) is 12.1. The average Bonchev–Trinajstić information content (AvgIpc) is 2.13. The van der Waals surface area contributed by atoms with Crippen LogP contribution in [0, 0.1) is 5.92 Å². The zero-order valence-corrected chi connectivity index (χ0v) is 11.0. The van der Waals surface area contributed by atoms with Crippen molar-refractivity contribution in [3.8, 4) is 0 Å². The monoisotopic (exact) mass is 216 g/mol. The minimum Gasteiger partial charge on any atom is -0.394 e. The Bertz CT molecular complexity index is 169. The second-order valence-corrected chi connectivity index (χ2v) is 5.53. The van der Waals surface area contributed by atoms with Crippen molar-refractivity contribution in [2.24, 2.45) is 11.7 Å². The molecule has 0 aromatic rings. The van der Waals surface area contributed by atoms with Crippen LogP contribution in [0.3, 0.4) is 0 Å². The molecule has 15 heavy (non-hydrogen) atoms. The third kappa shape index (κ3) is 6.88. The highest BCUT2D eigenvalue weighted by Gasteiger charge is 2.22. The van der Waals surface area contributed by atoms with E-state index in [2.05, 4.69) is 32.7 Å². The quantitative estimate of drug-likeness (QED) is 0.677. The molecule has 0 saturated heterocycles. The lowest BCUT2D eigenvalue weighted by Crippen LogP contribution is -2.46. The van der Waals surface area contributed by atoms with Gasteiger partial charge in [-0.1, -0.05) is 13.8 Å². The molecule has 0 saturated carbocycles. The molecule has 0 spiro atoms. The lowest BCUT2D eigenvalue weighted by atomic mass is 9.95. The number of aliphatic hydroxyl groups excluding tert-OH is 1. The van der Waals surface area contributed by atoms with Crippen molar-refractivity contribution in [2.75, 3.05) is 20.2 Å². The topological polar surface area (TPSA) is 49.5 Å². The Morgan fingerprint density at radius 3 is 2.27 bits per heavy atom. The number of rotatable bonds is 7. The van der Waals surface area contributed by atoms with E-state index in [-0.39, 0.29) is 6.61 Å². The predicted molar refractivity (Wildman–Crippen MR) is 65.8 cm³/mol. The van der Waals surface area contributed by atoms with Crippen LogP contribution in [0.1, 0.15) is 40.5 Å². The van der Waals surface area contributed by atoms with E-state index in [1.54, 1.807) is 0 Å². The second-order valence-electron chi connectivity index (χ2n) is 5.53. The van der Waals surface area contributed by atoms with E-state index in [1.807, 2.05) is 6.92 Å². The van der Waals surface area contributed by atoms with Crippen LogP contribution < -0.4 is 5.73 Å². The van der Waals surface area contributed by atoms with Gasteiger partial charge in [-0.25, -0.2) is 0 Å². The number of aliphatic hydroxyl groups is 1. The smallest absolute Gasteiger partial charge is 0.0609 e. The van der Waals surface area contributed by atoms with E-state index in [9.17, 15) is 0 Å². The maximum absolute atomic E-state index is 9.10. The van der Waals surface area contributed by atoms with Gasteiger partial charge in [0.15, 0.2) is 0 Å². The summed E-state index contributed by atoms with van der Waals surface area (Å²) >= 11 is 0. The predicted octanol–water partition coefficient (Wildman–Crippen LogP) is 1.45. The van der Waals surface area contributed by atoms with Crippen molar-refractivity contribution in [3.05, 3.63) is 0 Å². The summed E-state index contributed by atoms with van der Waals surface area (Å²) in [6, 6.07) is 0.422. The fourth-order valence-electron chi connectivity index (χ4n) is 1.58. The molecule has 0 aliphatic heterocycles. The number of nitrogens with two attached hydrogens (primary N) is 1. The maximum atomic E-state index is 9.10. The minimum absolute atomic E-state index is 0.0510. The van der Waals surface area contributed by atoms with Gasteiger partial charge in [-0.15, -0.1) is 0 Å². The van der Waals surface area contributed by atoms with Crippen LogP contribution in [0.2, 0.25) is 0 Å². The Morgan fingerprint density at radius 2 is 1.87 bits per heavy atom. The van der Waals surface area contributed by atoms with Crippen LogP contribution in [0.25, 0.3) is 0 Å². The second kappa shape index (κ2) is 6.46. The van der Waals surface area contributed by atoms with Crippen LogP contribution in [0.5, 0.6) is 0 Å². The fourth-order valence-corrected chi connectivity index (χ4v) is 1.58. The van der Waals surface area contributed by atoms with E-state index in [0.717, 1.165) is 18.9 Å². The Hall–Kier alpha value is -0.120. The summed E-state index contributed by atoms with van der Waals surface area (Å²) in [6.07, 6.45) is 2.04. The number of nitrogens with zero attached hydrogens (tertiary/aromatic N) is 1. The van der Waals surface area contributed by atoms with Gasteiger partial charge in [0, 0.05) is 11.6 Å². The minimum atomic E-state index is -0.453. The first-order chi connectivity index (χ1) is 6.78. The molecule has 0 fully saturated rings. The van der Waals surface area contributed by atoms with Gasteiger partial charge in [-0.2, -0.15) is 0 Å². The van der Waals surface area contributed by atoms with Gasteiger partial charge in [-0.05, 0) is 46.2 Å².